The molecule has 0 aliphatic carbocycles. The molecule has 7 nitrogen and oxygen atoms in total. The summed E-state index contributed by atoms with van der Waals surface area (Å²) in [6.07, 6.45) is 4.88. The summed E-state index contributed by atoms with van der Waals surface area (Å²) in [6, 6.07) is 2.01. The van der Waals surface area contributed by atoms with Crippen LogP contribution in [0.5, 0.6) is 0 Å². The number of rotatable bonds is 4. The molecule has 116 valence electrons. The first-order valence-electron chi connectivity index (χ1n) is 7.50. The molecule has 1 N–H and O–H groups in total. The summed E-state index contributed by atoms with van der Waals surface area (Å²) in [5.74, 6) is 1.80. The number of amides is 1. The summed E-state index contributed by atoms with van der Waals surface area (Å²) in [4.78, 5) is 22.8. The lowest BCUT2D eigenvalue weighted by Gasteiger charge is -2.32. The predicted molar refractivity (Wildman–Crippen MR) is 83.7 cm³/mol. The van der Waals surface area contributed by atoms with E-state index in [1.807, 2.05) is 13.0 Å². The van der Waals surface area contributed by atoms with Crippen LogP contribution in [0.15, 0.2) is 25.0 Å². The Balaban J connectivity index is 1.71. The van der Waals surface area contributed by atoms with Gasteiger partial charge in [0.15, 0.2) is 0 Å². The van der Waals surface area contributed by atoms with Gasteiger partial charge in [-0.05, 0) is 19.8 Å². The van der Waals surface area contributed by atoms with Gasteiger partial charge in [0.25, 0.3) is 5.78 Å². The van der Waals surface area contributed by atoms with Gasteiger partial charge >= 0.3 is 0 Å². The lowest BCUT2D eigenvalue weighted by Crippen LogP contribution is -2.41. The normalized spacial score (nSPS) is 16.0. The molecular formula is C15H20N6O. The van der Waals surface area contributed by atoms with Gasteiger partial charge in [-0.2, -0.15) is 14.6 Å². The molecule has 0 saturated carbocycles. The molecule has 0 aromatic carbocycles. The molecule has 0 atom stereocenters. The number of anilines is 1. The Morgan fingerprint density at radius 1 is 1.50 bits per heavy atom. The smallest absolute Gasteiger partial charge is 0.254 e. The van der Waals surface area contributed by atoms with Crippen molar-refractivity contribution in [1.29, 1.82) is 0 Å². The van der Waals surface area contributed by atoms with Crippen molar-refractivity contribution in [2.75, 3.05) is 24.5 Å². The van der Waals surface area contributed by atoms with E-state index >= 15 is 0 Å². The molecule has 0 bridgehead atoms. The molecule has 7 heteroatoms. The standard InChI is InChI=1S/C15H20N6O/c1-3-6-16-14(22)12-4-7-20(8-5-12)13-9-11(2)19-15-17-10-18-21(13)15/h3,9-10,12H,1,4-8H2,2H3,(H,16,22). The molecule has 1 aliphatic rings. The lowest BCUT2D eigenvalue weighted by molar-refractivity contribution is -0.125. The number of fused-ring (bicyclic) bond motifs is 1. The van der Waals surface area contributed by atoms with Crippen molar-refractivity contribution < 1.29 is 4.79 Å². The Labute approximate surface area is 129 Å². The van der Waals surface area contributed by atoms with Gasteiger partial charge in [0.05, 0.1) is 0 Å². The van der Waals surface area contributed by atoms with E-state index in [0.29, 0.717) is 12.3 Å². The van der Waals surface area contributed by atoms with Gasteiger partial charge in [0, 0.05) is 37.3 Å². The van der Waals surface area contributed by atoms with Crippen LogP contribution in [0, 0.1) is 12.8 Å². The highest BCUT2D eigenvalue weighted by atomic mass is 16.1. The van der Waals surface area contributed by atoms with Crippen molar-refractivity contribution in [3.8, 4) is 0 Å². The maximum Gasteiger partial charge on any atom is 0.254 e. The Bertz CT molecular complexity index is 686. The van der Waals surface area contributed by atoms with Gasteiger partial charge in [-0.25, -0.2) is 4.98 Å². The third-order valence-corrected chi connectivity index (χ3v) is 3.97. The number of nitrogens with one attached hydrogen (secondary N) is 1. The Hall–Kier alpha value is -2.44. The summed E-state index contributed by atoms with van der Waals surface area (Å²) in [5.41, 5.74) is 0.918. The van der Waals surface area contributed by atoms with Crippen LogP contribution >= 0.6 is 0 Å². The van der Waals surface area contributed by atoms with Gasteiger partial charge < -0.3 is 10.2 Å². The highest BCUT2D eigenvalue weighted by molar-refractivity contribution is 5.79. The molecule has 22 heavy (non-hydrogen) atoms. The van der Waals surface area contributed by atoms with Crippen molar-refractivity contribution in [3.63, 3.8) is 0 Å². The van der Waals surface area contributed by atoms with Crippen LogP contribution < -0.4 is 10.2 Å². The fraction of sp³-hybridized carbons (Fsp3) is 0.467. The van der Waals surface area contributed by atoms with Gasteiger partial charge in [0.2, 0.25) is 5.91 Å². The molecule has 1 saturated heterocycles. The molecule has 3 rings (SSSR count). The van der Waals surface area contributed by atoms with E-state index in [9.17, 15) is 4.79 Å². The summed E-state index contributed by atoms with van der Waals surface area (Å²) in [7, 11) is 0. The van der Waals surface area contributed by atoms with Crippen LogP contribution in [0.3, 0.4) is 0 Å². The van der Waals surface area contributed by atoms with E-state index in [2.05, 4.69) is 31.9 Å². The van der Waals surface area contributed by atoms with E-state index in [1.165, 1.54) is 6.33 Å². The molecular weight excluding hydrogens is 280 g/mol. The second kappa shape index (κ2) is 6.13. The third kappa shape index (κ3) is 2.79. The molecule has 0 unspecified atom stereocenters. The fourth-order valence-electron chi connectivity index (χ4n) is 2.82. The highest BCUT2D eigenvalue weighted by Crippen LogP contribution is 2.23. The molecule has 2 aromatic rings. The number of hydrogen-bond donors (Lipinski definition) is 1. The van der Waals surface area contributed by atoms with Gasteiger partial charge in [-0.3, -0.25) is 4.79 Å². The van der Waals surface area contributed by atoms with Gasteiger partial charge in [-0.15, -0.1) is 6.58 Å². The third-order valence-electron chi connectivity index (χ3n) is 3.97. The van der Waals surface area contributed by atoms with Crippen LogP contribution in [0.2, 0.25) is 0 Å². The SMILES string of the molecule is C=CCNC(=O)C1CCN(c2cc(C)nc3ncnn23)CC1. The molecule has 0 radical (unpaired) electrons. The highest BCUT2D eigenvalue weighted by Gasteiger charge is 2.26. The lowest BCUT2D eigenvalue weighted by atomic mass is 9.96. The zero-order valence-electron chi connectivity index (χ0n) is 12.7. The second-order valence-corrected chi connectivity index (χ2v) is 5.52. The van der Waals surface area contributed by atoms with Crippen molar-refractivity contribution in [3.05, 3.63) is 30.7 Å². The first-order valence-corrected chi connectivity index (χ1v) is 7.50. The molecule has 1 amide bonds. The monoisotopic (exact) mass is 300 g/mol. The molecule has 2 aromatic heterocycles. The fourth-order valence-corrected chi connectivity index (χ4v) is 2.82. The minimum atomic E-state index is 0.0744. The number of carbonyl (C=O) groups is 1. The number of nitrogens with zero attached hydrogens (tertiary/aromatic N) is 5. The predicted octanol–water partition coefficient (Wildman–Crippen LogP) is 0.951. The van der Waals surface area contributed by atoms with Crippen LogP contribution in [0.4, 0.5) is 5.82 Å². The van der Waals surface area contributed by atoms with Crippen molar-refractivity contribution >= 4 is 17.5 Å². The Morgan fingerprint density at radius 2 is 2.27 bits per heavy atom. The van der Waals surface area contributed by atoms with E-state index in [-0.39, 0.29) is 11.8 Å². The summed E-state index contributed by atoms with van der Waals surface area (Å²) >= 11 is 0. The summed E-state index contributed by atoms with van der Waals surface area (Å²) < 4.78 is 1.76. The van der Waals surface area contributed by atoms with Crippen molar-refractivity contribution in [1.82, 2.24) is 24.9 Å². The minimum Gasteiger partial charge on any atom is -0.356 e. The summed E-state index contributed by atoms with van der Waals surface area (Å²) in [6.45, 7) is 7.75. The maximum absolute atomic E-state index is 12.0. The van der Waals surface area contributed by atoms with Crippen LogP contribution in [-0.4, -0.2) is 45.1 Å². The number of aryl methyl sites for hydroxylation is 1. The molecule has 3 heterocycles. The van der Waals surface area contributed by atoms with E-state index in [1.54, 1.807) is 10.6 Å². The zero-order valence-corrected chi connectivity index (χ0v) is 12.7. The van der Waals surface area contributed by atoms with Gasteiger partial charge in [0.1, 0.15) is 12.1 Å². The quantitative estimate of drug-likeness (QED) is 0.851. The average molecular weight is 300 g/mol. The Morgan fingerprint density at radius 3 is 3.00 bits per heavy atom. The Kier molecular flexibility index (Phi) is 4.04. The minimum absolute atomic E-state index is 0.0744. The first-order chi connectivity index (χ1) is 10.7. The van der Waals surface area contributed by atoms with Crippen molar-refractivity contribution in [2.24, 2.45) is 5.92 Å². The maximum atomic E-state index is 12.0. The van der Waals surface area contributed by atoms with Crippen LogP contribution in [0.25, 0.3) is 5.78 Å². The number of carbonyl (C=O) groups excluding carboxylic acids is 1. The number of hydrogen-bond acceptors (Lipinski definition) is 5. The van der Waals surface area contributed by atoms with Crippen LogP contribution in [-0.2, 0) is 4.79 Å². The molecule has 1 fully saturated rings. The van der Waals surface area contributed by atoms with E-state index < -0.39 is 0 Å². The topological polar surface area (TPSA) is 75.4 Å². The average Bonchev–Trinajstić information content (AvgIpc) is 3.00. The van der Waals surface area contributed by atoms with E-state index in [0.717, 1.165) is 37.4 Å². The van der Waals surface area contributed by atoms with Gasteiger partial charge in [-0.1, -0.05) is 6.08 Å². The van der Waals surface area contributed by atoms with E-state index in [4.69, 9.17) is 0 Å². The number of aromatic nitrogens is 4. The van der Waals surface area contributed by atoms with Crippen molar-refractivity contribution in [2.45, 2.75) is 19.8 Å². The molecule has 0 spiro atoms. The van der Waals surface area contributed by atoms with Crippen LogP contribution in [0.1, 0.15) is 18.5 Å². The zero-order chi connectivity index (χ0) is 15.5. The largest absolute Gasteiger partial charge is 0.356 e. The second-order valence-electron chi connectivity index (χ2n) is 5.52. The first kappa shape index (κ1) is 14.5. The number of piperidine rings is 1. The summed E-state index contributed by atoms with van der Waals surface area (Å²) in [5, 5.41) is 7.12. The molecule has 1 aliphatic heterocycles.